The minimum atomic E-state index is -0.00877. The number of likely N-dealkylation sites (tertiary alicyclic amines) is 1. The third kappa shape index (κ3) is 6.50. The molecule has 1 heterocycles. The van der Waals surface area contributed by atoms with Gasteiger partial charge in [0.05, 0.1) is 6.61 Å². The highest BCUT2D eigenvalue weighted by atomic mass is 35.5. The largest absolute Gasteiger partial charge is 0.494 e. The van der Waals surface area contributed by atoms with E-state index < -0.39 is 0 Å². The van der Waals surface area contributed by atoms with Crippen molar-refractivity contribution >= 4 is 23.4 Å². The molecule has 5 nitrogen and oxygen atoms in total. The van der Waals surface area contributed by atoms with E-state index in [4.69, 9.17) is 16.3 Å². The monoisotopic (exact) mass is 414 g/mol. The first-order valence-corrected chi connectivity index (χ1v) is 10.4. The van der Waals surface area contributed by atoms with E-state index in [1.54, 1.807) is 24.3 Å². The van der Waals surface area contributed by atoms with E-state index in [2.05, 4.69) is 5.32 Å². The van der Waals surface area contributed by atoms with E-state index in [0.717, 1.165) is 18.6 Å². The average Bonchev–Trinajstić information content (AvgIpc) is 2.72. The van der Waals surface area contributed by atoms with E-state index in [1.807, 2.05) is 36.1 Å². The Morgan fingerprint density at radius 2 is 1.86 bits per heavy atom. The molecule has 154 valence electrons. The maximum Gasteiger partial charge on any atom is 0.253 e. The predicted octanol–water partition coefficient (Wildman–Crippen LogP) is 4.23. The second kappa shape index (κ2) is 10.3. The molecule has 1 aliphatic rings. The second-order valence-electron chi connectivity index (χ2n) is 7.41. The standard InChI is InChI=1S/C23H27ClN2O3/c1-17-7-9-21(10-8-17)29-15-3-6-22(27)25-20-11-13-26(14-12-20)23(28)18-4-2-5-19(24)16-18/h2,4-5,7-10,16,20H,3,6,11-15H2,1H3,(H,25,27). The van der Waals surface area contributed by atoms with Crippen LogP contribution in [0.3, 0.4) is 0 Å². The summed E-state index contributed by atoms with van der Waals surface area (Å²) >= 11 is 5.97. The van der Waals surface area contributed by atoms with Crippen molar-refractivity contribution in [1.82, 2.24) is 10.2 Å². The number of benzene rings is 2. The van der Waals surface area contributed by atoms with E-state index in [-0.39, 0.29) is 17.9 Å². The summed E-state index contributed by atoms with van der Waals surface area (Å²) in [7, 11) is 0. The van der Waals surface area contributed by atoms with Crippen molar-refractivity contribution in [2.75, 3.05) is 19.7 Å². The smallest absolute Gasteiger partial charge is 0.253 e. The molecule has 0 aromatic heterocycles. The normalized spacial score (nSPS) is 14.5. The van der Waals surface area contributed by atoms with Crippen molar-refractivity contribution in [1.29, 1.82) is 0 Å². The molecule has 3 rings (SSSR count). The number of ether oxygens (including phenoxy) is 1. The van der Waals surface area contributed by atoms with Gasteiger partial charge in [-0.1, -0.05) is 35.4 Å². The number of nitrogens with zero attached hydrogens (tertiary/aromatic N) is 1. The van der Waals surface area contributed by atoms with Gasteiger partial charge in [-0.3, -0.25) is 9.59 Å². The summed E-state index contributed by atoms with van der Waals surface area (Å²) in [5.74, 6) is 0.857. The lowest BCUT2D eigenvalue weighted by atomic mass is 10.0. The van der Waals surface area contributed by atoms with Gasteiger partial charge in [-0.15, -0.1) is 0 Å². The summed E-state index contributed by atoms with van der Waals surface area (Å²) in [5.41, 5.74) is 1.80. The molecule has 1 saturated heterocycles. The van der Waals surface area contributed by atoms with Gasteiger partial charge in [-0.2, -0.15) is 0 Å². The number of amides is 2. The van der Waals surface area contributed by atoms with E-state index >= 15 is 0 Å². The second-order valence-corrected chi connectivity index (χ2v) is 7.85. The summed E-state index contributed by atoms with van der Waals surface area (Å²) in [6.45, 7) is 3.81. The first-order valence-electron chi connectivity index (χ1n) is 10.0. The van der Waals surface area contributed by atoms with Gasteiger partial charge in [0.1, 0.15) is 5.75 Å². The van der Waals surface area contributed by atoms with Crippen molar-refractivity contribution in [2.24, 2.45) is 0 Å². The highest BCUT2D eigenvalue weighted by Crippen LogP contribution is 2.17. The highest BCUT2D eigenvalue weighted by molar-refractivity contribution is 6.30. The molecule has 1 N–H and O–H groups in total. The fourth-order valence-electron chi connectivity index (χ4n) is 3.39. The third-order valence-corrected chi connectivity index (χ3v) is 5.29. The van der Waals surface area contributed by atoms with E-state index in [0.29, 0.717) is 43.1 Å². The van der Waals surface area contributed by atoms with Crippen LogP contribution in [0.5, 0.6) is 5.75 Å². The molecule has 2 aromatic rings. The third-order valence-electron chi connectivity index (χ3n) is 5.06. The molecule has 0 aliphatic carbocycles. The number of carbonyl (C=O) groups excluding carboxylic acids is 2. The van der Waals surface area contributed by atoms with Crippen LogP contribution in [-0.2, 0) is 4.79 Å². The van der Waals surface area contributed by atoms with Gasteiger partial charge in [0, 0.05) is 36.1 Å². The molecule has 0 saturated carbocycles. The van der Waals surface area contributed by atoms with Gasteiger partial charge in [0.2, 0.25) is 5.91 Å². The molecule has 0 spiro atoms. The number of nitrogens with one attached hydrogen (secondary N) is 1. The molecule has 2 aromatic carbocycles. The average molecular weight is 415 g/mol. The molecular weight excluding hydrogens is 388 g/mol. The van der Waals surface area contributed by atoms with Crippen molar-refractivity contribution in [3.63, 3.8) is 0 Å². The van der Waals surface area contributed by atoms with Crippen LogP contribution in [0.1, 0.15) is 41.6 Å². The van der Waals surface area contributed by atoms with Crippen LogP contribution < -0.4 is 10.1 Å². The maximum atomic E-state index is 12.6. The van der Waals surface area contributed by atoms with Crippen molar-refractivity contribution in [3.05, 3.63) is 64.7 Å². The number of halogens is 1. The van der Waals surface area contributed by atoms with Gasteiger partial charge in [-0.05, 0) is 56.5 Å². The van der Waals surface area contributed by atoms with Crippen LogP contribution in [0.25, 0.3) is 0 Å². The zero-order valence-corrected chi connectivity index (χ0v) is 17.5. The SMILES string of the molecule is Cc1ccc(OCCCC(=O)NC2CCN(C(=O)c3cccc(Cl)c3)CC2)cc1. The van der Waals surface area contributed by atoms with Crippen LogP contribution in [0.4, 0.5) is 0 Å². The molecule has 0 unspecified atom stereocenters. The minimum Gasteiger partial charge on any atom is -0.494 e. The summed E-state index contributed by atoms with van der Waals surface area (Å²) in [4.78, 5) is 26.6. The molecule has 0 radical (unpaired) electrons. The summed E-state index contributed by atoms with van der Waals surface area (Å²) in [6.07, 6.45) is 2.63. The number of rotatable bonds is 7. The molecule has 1 aliphatic heterocycles. The van der Waals surface area contributed by atoms with E-state index in [1.165, 1.54) is 5.56 Å². The molecule has 1 fully saturated rings. The van der Waals surface area contributed by atoms with Crippen molar-refractivity contribution < 1.29 is 14.3 Å². The number of hydrogen-bond acceptors (Lipinski definition) is 3. The van der Waals surface area contributed by atoms with Gasteiger partial charge < -0.3 is 15.0 Å². The van der Waals surface area contributed by atoms with Gasteiger partial charge in [0.25, 0.3) is 5.91 Å². The number of aryl methyl sites for hydroxylation is 1. The Morgan fingerprint density at radius 3 is 2.55 bits per heavy atom. The lowest BCUT2D eigenvalue weighted by molar-refractivity contribution is -0.122. The Labute approximate surface area is 177 Å². The lowest BCUT2D eigenvalue weighted by Gasteiger charge is -2.32. The number of carbonyl (C=O) groups is 2. The maximum absolute atomic E-state index is 12.6. The molecule has 0 atom stereocenters. The summed E-state index contributed by atoms with van der Waals surface area (Å²) in [6, 6.07) is 15.0. The number of hydrogen-bond donors (Lipinski definition) is 1. The van der Waals surface area contributed by atoms with Gasteiger partial charge in [0.15, 0.2) is 0 Å². The van der Waals surface area contributed by atoms with Gasteiger partial charge >= 0.3 is 0 Å². The van der Waals surface area contributed by atoms with E-state index in [9.17, 15) is 9.59 Å². The Balaban J connectivity index is 1.34. The quantitative estimate of drug-likeness (QED) is 0.690. The van der Waals surface area contributed by atoms with Crippen LogP contribution in [-0.4, -0.2) is 42.5 Å². The Hall–Kier alpha value is -2.53. The van der Waals surface area contributed by atoms with Crippen LogP contribution >= 0.6 is 11.6 Å². The van der Waals surface area contributed by atoms with Crippen molar-refractivity contribution in [3.8, 4) is 5.75 Å². The van der Waals surface area contributed by atoms with Crippen LogP contribution in [0.2, 0.25) is 5.02 Å². The fourth-order valence-corrected chi connectivity index (χ4v) is 3.58. The summed E-state index contributed by atoms with van der Waals surface area (Å²) < 4.78 is 5.66. The minimum absolute atomic E-state index is 0.00877. The molecular formula is C23H27ClN2O3. The first kappa shape index (κ1) is 21.2. The first-order chi connectivity index (χ1) is 14.0. The van der Waals surface area contributed by atoms with Gasteiger partial charge in [-0.25, -0.2) is 0 Å². The van der Waals surface area contributed by atoms with Crippen LogP contribution in [0.15, 0.2) is 48.5 Å². The molecule has 6 heteroatoms. The predicted molar refractivity (Wildman–Crippen MR) is 114 cm³/mol. The molecule has 2 amide bonds. The Bertz CT molecular complexity index is 830. The number of piperidine rings is 1. The highest BCUT2D eigenvalue weighted by Gasteiger charge is 2.24. The Morgan fingerprint density at radius 1 is 1.14 bits per heavy atom. The fraction of sp³-hybridized carbons (Fsp3) is 0.391. The Kier molecular flexibility index (Phi) is 7.53. The topological polar surface area (TPSA) is 58.6 Å². The zero-order chi connectivity index (χ0) is 20.6. The van der Waals surface area contributed by atoms with Crippen molar-refractivity contribution in [2.45, 2.75) is 38.6 Å². The summed E-state index contributed by atoms with van der Waals surface area (Å²) in [5, 5.41) is 3.64. The molecule has 0 bridgehead atoms. The lowest BCUT2D eigenvalue weighted by Crippen LogP contribution is -2.46. The molecule has 29 heavy (non-hydrogen) atoms. The zero-order valence-electron chi connectivity index (χ0n) is 16.7. The van der Waals surface area contributed by atoms with Crippen LogP contribution in [0, 0.1) is 6.92 Å².